The number of carbonyl (C=O) groups excluding carboxylic acids is 1. The number of rotatable bonds is 6. The van der Waals surface area contributed by atoms with E-state index in [1.165, 1.54) is 24.3 Å². The lowest BCUT2D eigenvalue weighted by Gasteiger charge is -2.05. The van der Waals surface area contributed by atoms with Crippen LogP contribution in [-0.4, -0.2) is 30.3 Å². The number of hydrogen-bond donors (Lipinski definition) is 2. The summed E-state index contributed by atoms with van der Waals surface area (Å²) in [6.45, 7) is 1.81. The van der Waals surface area contributed by atoms with Gasteiger partial charge in [-0.3, -0.25) is 9.89 Å². The normalized spacial score (nSPS) is 11.0. The van der Waals surface area contributed by atoms with Crippen LogP contribution < -0.4 is 5.32 Å². The average molecular weight is 332 g/mol. The number of hydrogen-bond acceptors (Lipinski definition) is 5. The Morgan fingerprint density at radius 2 is 2.04 bits per heavy atom. The fourth-order valence-corrected chi connectivity index (χ4v) is 3.25. The van der Waals surface area contributed by atoms with Crippen LogP contribution in [0.5, 0.6) is 0 Å². The molecular weight excluding hydrogens is 316 g/mol. The number of H-pyrrole nitrogens is 1. The molecule has 1 amide bonds. The molecule has 0 aliphatic heterocycles. The number of anilines is 1. The van der Waals surface area contributed by atoms with Gasteiger partial charge in [0, 0.05) is 23.7 Å². The Balaban J connectivity index is 2.07. The Kier molecular flexibility index (Phi) is 5.13. The van der Waals surface area contributed by atoms with Gasteiger partial charge in [-0.1, -0.05) is 0 Å². The molecule has 0 aliphatic rings. The quantitative estimate of drug-likeness (QED) is 0.785. The van der Waals surface area contributed by atoms with Crippen molar-refractivity contribution >= 4 is 21.6 Å². The van der Waals surface area contributed by atoms with Crippen LogP contribution in [0.4, 0.5) is 5.82 Å². The molecule has 0 atom stereocenters. The maximum atomic E-state index is 12.1. The van der Waals surface area contributed by atoms with Gasteiger partial charge in [-0.15, -0.1) is 0 Å². The van der Waals surface area contributed by atoms with E-state index in [1.807, 2.05) is 13.0 Å². The molecule has 7 nitrogen and oxygen atoms in total. The Hall–Kier alpha value is -2.66. The van der Waals surface area contributed by atoms with Gasteiger partial charge >= 0.3 is 0 Å². The van der Waals surface area contributed by atoms with E-state index in [2.05, 4.69) is 15.5 Å². The van der Waals surface area contributed by atoms with Crippen LogP contribution in [0.1, 0.15) is 28.9 Å². The van der Waals surface area contributed by atoms with Crippen molar-refractivity contribution in [3.05, 3.63) is 41.6 Å². The number of aromatic nitrogens is 2. The molecule has 2 N–H and O–H groups in total. The number of nitrogens with zero attached hydrogens (tertiary/aromatic N) is 2. The van der Waals surface area contributed by atoms with Crippen molar-refractivity contribution < 1.29 is 13.2 Å². The molecule has 2 aromatic rings. The van der Waals surface area contributed by atoms with Gasteiger partial charge in [0.15, 0.2) is 15.7 Å². The van der Waals surface area contributed by atoms with Crippen LogP contribution in [0.15, 0.2) is 35.2 Å². The van der Waals surface area contributed by atoms with Crippen LogP contribution in [0.25, 0.3) is 0 Å². The third kappa shape index (κ3) is 4.40. The fraction of sp³-hybridized carbons (Fsp3) is 0.267. The monoisotopic (exact) mass is 332 g/mol. The molecular formula is C15H16N4O3S. The minimum Gasteiger partial charge on any atom is -0.305 e. The number of aromatic amines is 1. The number of nitriles is 1. The summed E-state index contributed by atoms with van der Waals surface area (Å²) >= 11 is 0. The highest BCUT2D eigenvalue weighted by molar-refractivity contribution is 7.91. The van der Waals surface area contributed by atoms with Gasteiger partial charge in [-0.05, 0) is 37.6 Å². The predicted molar refractivity (Wildman–Crippen MR) is 84.6 cm³/mol. The van der Waals surface area contributed by atoms with Crippen LogP contribution in [0.2, 0.25) is 0 Å². The van der Waals surface area contributed by atoms with Crippen molar-refractivity contribution in [3.8, 4) is 6.07 Å². The molecule has 0 saturated heterocycles. The summed E-state index contributed by atoms with van der Waals surface area (Å²) in [5.74, 6) is -0.0517. The minimum atomic E-state index is -3.43. The van der Waals surface area contributed by atoms with E-state index in [0.717, 1.165) is 5.69 Å². The maximum absolute atomic E-state index is 12.1. The standard InChI is InChI=1S/C15H16N4O3S/c1-11-10-14(19-18-11)17-15(20)12-4-6-13(7-5-12)23(21,22)9-3-2-8-16/h4-7,10H,2-3,9H2,1H3,(H2,17,18,19,20). The number of amides is 1. The van der Waals surface area contributed by atoms with Crippen LogP contribution in [0, 0.1) is 18.3 Å². The second-order valence-electron chi connectivity index (χ2n) is 5.00. The van der Waals surface area contributed by atoms with Gasteiger partial charge in [-0.2, -0.15) is 10.4 Å². The van der Waals surface area contributed by atoms with E-state index in [-0.39, 0.29) is 23.0 Å². The van der Waals surface area contributed by atoms with Gasteiger partial charge in [0.05, 0.1) is 16.7 Å². The third-order valence-corrected chi connectivity index (χ3v) is 4.94. The Bertz CT molecular complexity index is 832. The zero-order chi connectivity index (χ0) is 16.9. The molecule has 8 heteroatoms. The lowest BCUT2D eigenvalue weighted by atomic mass is 10.2. The van der Waals surface area contributed by atoms with Gasteiger partial charge in [0.1, 0.15) is 0 Å². The van der Waals surface area contributed by atoms with Gasteiger partial charge < -0.3 is 5.32 Å². The summed E-state index contributed by atoms with van der Waals surface area (Å²) in [5.41, 5.74) is 1.15. The SMILES string of the molecule is Cc1cc(NC(=O)c2ccc(S(=O)(=O)CCCC#N)cc2)n[nH]1. The average Bonchev–Trinajstić information content (AvgIpc) is 2.92. The van der Waals surface area contributed by atoms with Crippen LogP contribution in [-0.2, 0) is 9.84 Å². The summed E-state index contributed by atoms with van der Waals surface area (Å²) in [6.07, 6.45) is 0.488. The maximum Gasteiger partial charge on any atom is 0.256 e. The summed E-state index contributed by atoms with van der Waals surface area (Å²) in [6, 6.07) is 9.29. The van der Waals surface area contributed by atoms with Gasteiger partial charge in [0.2, 0.25) is 0 Å². The molecule has 1 heterocycles. The second kappa shape index (κ2) is 7.07. The smallest absolute Gasteiger partial charge is 0.256 e. The molecule has 0 spiro atoms. The third-order valence-electron chi connectivity index (χ3n) is 3.12. The first-order chi connectivity index (χ1) is 10.9. The zero-order valence-electron chi connectivity index (χ0n) is 12.5. The van der Waals surface area contributed by atoms with E-state index < -0.39 is 9.84 Å². The zero-order valence-corrected chi connectivity index (χ0v) is 13.4. The van der Waals surface area contributed by atoms with Gasteiger partial charge in [-0.25, -0.2) is 8.42 Å². The van der Waals surface area contributed by atoms with Gasteiger partial charge in [0.25, 0.3) is 5.91 Å². The molecule has 0 saturated carbocycles. The van der Waals surface area contributed by atoms with Crippen molar-refractivity contribution in [3.63, 3.8) is 0 Å². The number of unbranched alkanes of at least 4 members (excludes halogenated alkanes) is 1. The summed E-state index contributed by atoms with van der Waals surface area (Å²) in [4.78, 5) is 12.2. The first-order valence-corrected chi connectivity index (χ1v) is 8.61. The second-order valence-corrected chi connectivity index (χ2v) is 7.10. The predicted octanol–water partition coefficient (Wildman–Crippen LogP) is 2.05. The van der Waals surface area contributed by atoms with Crippen LogP contribution >= 0.6 is 0 Å². The molecule has 1 aromatic carbocycles. The topological polar surface area (TPSA) is 116 Å². The number of nitrogens with one attached hydrogen (secondary N) is 2. The number of carbonyl (C=O) groups is 1. The molecule has 0 unspecified atom stereocenters. The number of aryl methyl sites for hydroxylation is 1. The van der Waals surface area contributed by atoms with Crippen molar-refractivity contribution in [1.29, 1.82) is 5.26 Å². The van der Waals surface area contributed by atoms with E-state index in [4.69, 9.17) is 5.26 Å². The Morgan fingerprint density at radius 1 is 1.35 bits per heavy atom. The largest absolute Gasteiger partial charge is 0.305 e. The van der Waals surface area contributed by atoms with Crippen molar-refractivity contribution in [2.75, 3.05) is 11.1 Å². The number of benzene rings is 1. The molecule has 0 aliphatic carbocycles. The first-order valence-electron chi connectivity index (χ1n) is 6.95. The summed E-state index contributed by atoms with van der Waals surface area (Å²) < 4.78 is 24.1. The summed E-state index contributed by atoms with van der Waals surface area (Å²) in [5, 5.41) is 17.7. The van der Waals surface area contributed by atoms with Crippen LogP contribution in [0.3, 0.4) is 0 Å². The fourth-order valence-electron chi connectivity index (χ4n) is 1.94. The molecule has 0 bridgehead atoms. The Morgan fingerprint density at radius 3 is 2.61 bits per heavy atom. The van der Waals surface area contributed by atoms with E-state index in [1.54, 1.807) is 6.07 Å². The molecule has 1 aromatic heterocycles. The molecule has 0 radical (unpaired) electrons. The van der Waals surface area contributed by atoms with Crippen molar-refractivity contribution in [1.82, 2.24) is 10.2 Å². The summed E-state index contributed by atoms with van der Waals surface area (Å²) in [7, 11) is -3.43. The first kappa shape index (κ1) is 16.7. The highest BCUT2D eigenvalue weighted by Gasteiger charge is 2.15. The molecule has 120 valence electrons. The highest BCUT2D eigenvalue weighted by atomic mass is 32.2. The lowest BCUT2D eigenvalue weighted by Crippen LogP contribution is -2.13. The Labute approximate surface area is 134 Å². The number of sulfone groups is 1. The molecule has 23 heavy (non-hydrogen) atoms. The highest BCUT2D eigenvalue weighted by Crippen LogP contribution is 2.15. The lowest BCUT2D eigenvalue weighted by molar-refractivity contribution is 0.102. The van der Waals surface area contributed by atoms with Crippen molar-refractivity contribution in [2.24, 2.45) is 0 Å². The van der Waals surface area contributed by atoms with E-state index in [0.29, 0.717) is 17.8 Å². The van der Waals surface area contributed by atoms with Crippen molar-refractivity contribution in [2.45, 2.75) is 24.7 Å². The molecule has 0 fully saturated rings. The minimum absolute atomic E-state index is 0.0847. The van der Waals surface area contributed by atoms with E-state index >= 15 is 0 Å². The van der Waals surface area contributed by atoms with E-state index in [9.17, 15) is 13.2 Å². The molecule has 2 rings (SSSR count).